The Hall–Kier alpha value is -0.970. The molecule has 0 amide bonds. The van der Waals surface area contributed by atoms with Gasteiger partial charge in [0.15, 0.2) is 0 Å². The molecule has 1 rings (SSSR count). The number of anilines is 1. The van der Waals surface area contributed by atoms with Gasteiger partial charge in [0.25, 0.3) is 0 Å². The molecule has 0 fully saturated rings. The third-order valence-electron chi connectivity index (χ3n) is 2.00. The van der Waals surface area contributed by atoms with E-state index in [4.69, 9.17) is 34.0 Å². The fourth-order valence-electron chi connectivity index (χ4n) is 1.34. The fraction of sp³-hybridized carbons (Fsp3) is 0.300. The van der Waals surface area contributed by atoms with Gasteiger partial charge >= 0.3 is 5.97 Å². The summed E-state index contributed by atoms with van der Waals surface area (Å²) in [4.78, 5) is 12.3. The van der Waals surface area contributed by atoms with Gasteiger partial charge in [0.05, 0.1) is 15.7 Å². The minimum atomic E-state index is -0.940. The largest absolute Gasteiger partial charge is 0.480 e. The van der Waals surface area contributed by atoms with E-state index >= 15 is 0 Å². The molecule has 0 saturated carbocycles. The summed E-state index contributed by atoms with van der Waals surface area (Å²) in [6.45, 7) is 0.597. The molecule has 6 heteroatoms. The summed E-state index contributed by atoms with van der Waals surface area (Å²) >= 11 is 11.9. The van der Waals surface area contributed by atoms with E-state index in [9.17, 15) is 4.79 Å². The lowest BCUT2D eigenvalue weighted by Crippen LogP contribution is -2.34. The van der Waals surface area contributed by atoms with Crippen LogP contribution in [0, 0.1) is 0 Å². The topological polar surface area (TPSA) is 66.6 Å². The zero-order chi connectivity index (χ0) is 12.1. The van der Waals surface area contributed by atoms with E-state index in [0.717, 1.165) is 0 Å². The quantitative estimate of drug-likeness (QED) is 0.850. The van der Waals surface area contributed by atoms with E-state index in [0.29, 0.717) is 28.8 Å². The van der Waals surface area contributed by atoms with Crippen molar-refractivity contribution in [1.29, 1.82) is 0 Å². The van der Waals surface area contributed by atoms with Crippen LogP contribution in [0.25, 0.3) is 0 Å². The van der Waals surface area contributed by atoms with E-state index in [-0.39, 0.29) is 6.54 Å². The van der Waals surface area contributed by atoms with Gasteiger partial charge in [0.1, 0.15) is 6.54 Å². The minimum Gasteiger partial charge on any atom is -0.480 e. The predicted octanol–water partition coefficient (Wildman–Crippen LogP) is 1.84. The van der Waals surface area contributed by atoms with Crippen molar-refractivity contribution in [3.8, 4) is 0 Å². The highest BCUT2D eigenvalue weighted by Gasteiger charge is 2.14. The number of aliphatic carboxylic acids is 1. The number of hydrogen-bond acceptors (Lipinski definition) is 3. The standard InChI is InChI=1S/C10H12Cl2N2O2/c11-7-2-1-3-8(10(7)12)14(5-4-13)6-9(15)16/h1-3H,4-6,13H2,(H,15,16). The van der Waals surface area contributed by atoms with E-state index in [1.54, 1.807) is 23.1 Å². The molecule has 0 radical (unpaired) electrons. The molecule has 0 spiro atoms. The summed E-state index contributed by atoms with van der Waals surface area (Å²) < 4.78 is 0. The van der Waals surface area contributed by atoms with Crippen LogP contribution in [0.15, 0.2) is 18.2 Å². The first kappa shape index (κ1) is 13.1. The van der Waals surface area contributed by atoms with Crippen molar-refractivity contribution in [2.24, 2.45) is 5.73 Å². The Kier molecular flexibility index (Phi) is 4.86. The van der Waals surface area contributed by atoms with Crippen LogP contribution in [0.2, 0.25) is 10.0 Å². The Morgan fingerprint density at radius 1 is 1.44 bits per heavy atom. The van der Waals surface area contributed by atoms with Gasteiger partial charge in [-0.1, -0.05) is 29.3 Å². The highest BCUT2D eigenvalue weighted by atomic mass is 35.5. The molecule has 0 aliphatic heterocycles. The molecular weight excluding hydrogens is 251 g/mol. The minimum absolute atomic E-state index is 0.155. The average molecular weight is 263 g/mol. The molecule has 4 nitrogen and oxygen atoms in total. The Labute approximate surface area is 104 Å². The molecule has 0 unspecified atom stereocenters. The predicted molar refractivity (Wildman–Crippen MR) is 65.4 cm³/mol. The Morgan fingerprint density at radius 2 is 2.12 bits per heavy atom. The van der Waals surface area contributed by atoms with Crippen LogP contribution < -0.4 is 10.6 Å². The Morgan fingerprint density at radius 3 is 2.69 bits per heavy atom. The third-order valence-corrected chi connectivity index (χ3v) is 2.81. The van der Waals surface area contributed by atoms with Crippen molar-refractivity contribution in [2.45, 2.75) is 0 Å². The highest BCUT2D eigenvalue weighted by Crippen LogP contribution is 2.32. The molecular formula is C10H12Cl2N2O2. The molecule has 3 N–H and O–H groups in total. The van der Waals surface area contributed by atoms with Crippen LogP contribution in [0.1, 0.15) is 0 Å². The van der Waals surface area contributed by atoms with E-state index < -0.39 is 5.97 Å². The monoisotopic (exact) mass is 262 g/mol. The van der Waals surface area contributed by atoms with Crippen molar-refractivity contribution < 1.29 is 9.90 Å². The van der Waals surface area contributed by atoms with Crippen molar-refractivity contribution >= 4 is 34.9 Å². The molecule has 0 heterocycles. The Bertz CT molecular complexity index is 385. The van der Waals surface area contributed by atoms with Gasteiger partial charge in [0.2, 0.25) is 0 Å². The number of carboxylic acid groups (broad SMARTS) is 1. The molecule has 1 aromatic rings. The van der Waals surface area contributed by atoms with Gasteiger partial charge in [-0.15, -0.1) is 0 Å². The van der Waals surface area contributed by atoms with Gasteiger partial charge in [-0.2, -0.15) is 0 Å². The van der Waals surface area contributed by atoms with Gasteiger partial charge in [-0.05, 0) is 12.1 Å². The normalized spacial score (nSPS) is 10.2. The molecule has 16 heavy (non-hydrogen) atoms. The first-order valence-corrected chi connectivity index (χ1v) is 5.42. The molecule has 0 aliphatic rings. The molecule has 88 valence electrons. The second-order valence-electron chi connectivity index (χ2n) is 3.18. The van der Waals surface area contributed by atoms with E-state index in [1.807, 2.05) is 0 Å². The summed E-state index contributed by atoms with van der Waals surface area (Å²) in [7, 11) is 0. The number of benzene rings is 1. The van der Waals surface area contributed by atoms with Crippen LogP contribution in [0.5, 0.6) is 0 Å². The number of carboxylic acids is 1. The number of halogens is 2. The van der Waals surface area contributed by atoms with Crippen molar-refractivity contribution in [3.63, 3.8) is 0 Å². The maximum absolute atomic E-state index is 10.7. The second-order valence-corrected chi connectivity index (χ2v) is 3.96. The van der Waals surface area contributed by atoms with E-state index in [1.165, 1.54) is 0 Å². The van der Waals surface area contributed by atoms with Crippen LogP contribution in [0.4, 0.5) is 5.69 Å². The molecule has 1 aromatic carbocycles. The van der Waals surface area contributed by atoms with Crippen molar-refractivity contribution in [2.75, 3.05) is 24.5 Å². The molecule has 0 aromatic heterocycles. The summed E-state index contributed by atoms with van der Waals surface area (Å²) in [6.07, 6.45) is 0. The number of nitrogens with two attached hydrogens (primary N) is 1. The van der Waals surface area contributed by atoms with Gasteiger partial charge in [0, 0.05) is 13.1 Å². The lowest BCUT2D eigenvalue weighted by molar-refractivity contribution is -0.135. The molecule has 0 aliphatic carbocycles. The van der Waals surface area contributed by atoms with Crippen LogP contribution in [-0.4, -0.2) is 30.7 Å². The third kappa shape index (κ3) is 3.27. The summed E-state index contributed by atoms with van der Waals surface area (Å²) in [6, 6.07) is 5.08. The number of hydrogen-bond donors (Lipinski definition) is 2. The first-order valence-electron chi connectivity index (χ1n) is 4.67. The molecule has 0 atom stereocenters. The summed E-state index contributed by atoms with van der Waals surface area (Å²) in [5, 5.41) is 9.51. The maximum atomic E-state index is 10.7. The molecule has 0 bridgehead atoms. The first-order chi connectivity index (χ1) is 7.56. The van der Waals surface area contributed by atoms with Crippen molar-refractivity contribution in [3.05, 3.63) is 28.2 Å². The zero-order valence-corrected chi connectivity index (χ0v) is 10.0. The maximum Gasteiger partial charge on any atom is 0.323 e. The molecule has 0 saturated heterocycles. The van der Waals surface area contributed by atoms with Gasteiger partial charge < -0.3 is 15.7 Å². The van der Waals surface area contributed by atoms with Crippen LogP contribution in [0.3, 0.4) is 0 Å². The van der Waals surface area contributed by atoms with E-state index in [2.05, 4.69) is 0 Å². The van der Waals surface area contributed by atoms with Crippen LogP contribution >= 0.6 is 23.2 Å². The zero-order valence-electron chi connectivity index (χ0n) is 8.49. The van der Waals surface area contributed by atoms with Gasteiger partial charge in [-0.25, -0.2) is 0 Å². The fourth-order valence-corrected chi connectivity index (χ4v) is 1.76. The van der Waals surface area contributed by atoms with Gasteiger partial charge in [-0.3, -0.25) is 4.79 Å². The van der Waals surface area contributed by atoms with Crippen LogP contribution in [-0.2, 0) is 4.79 Å². The number of carbonyl (C=O) groups is 1. The second kappa shape index (κ2) is 5.94. The number of nitrogens with zero attached hydrogens (tertiary/aromatic N) is 1. The Balaban J connectivity index is 3.00. The van der Waals surface area contributed by atoms with Crippen molar-refractivity contribution in [1.82, 2.24) is 0 Å². The SMILES string of the molecule is NCCN(CC(=O)O)c1cccc(Cl)c1Cl. The summed E-state index contributed by atoms with van der Waals surface area (Å²) in [5.41, 5.74) is 6.01. The highest BCUT2D eigenvalue weighted by molar-refractivity contribution is 6.43. The summed E-state index contributed by atoms with van der Waals surface area (Å²) in [5.74, 6) is -0.940. The lowest BCUT2D eigenvalue weighted by atomic mass is 10.2. The average Bonchev–Trinajstić information content (AvgIpc) is 2.21. The smallest absolute Gasteiger partial charge is 0.323 e. The number of rotatable bonds is 5. The lowest BCUT2D eigenvalue weighted by Gasteiger charge is -2.23.